The molecule has 0 radical (unpaired) electrons. The quantitative estimate of drug-likeness (QED) is 0.721. The molecule has 2 aromatic carbocycles. The van der Waals surface area contributed by atoms with Crippen LogP contribution in [-0.4, -0.2) is 28.6 Å². The largest absolute Gasteiger partial charge is 0.481 e. The van der Waals surface area contributed by atoms with Crippen molar-refractivity contribution in [1.29, 1.82) is 0 Å². The molecule has 0 saturated carbocycles. The van der Waals surface area contributed by atoms with Crippen LogP contribution in [0.25, 0.3) is 0 Å². The number of benzene rings is 2. The maximum Gasteiger partial charge on any atom is 0.318 e. The molecule has 0 saturated heterocycles. The lowest BCUT2D eigenvalue weighted by molar-refractivity contribution is -0.137. The van der Waals surface area contributed by atoms with Gasteiger partial charge in [-0.1, -0.05) is 42.5 Å². The summed E-state index contributed by atoms with van der Waals surface area (Å²) in [6, 6.07) is 15.3. The molecule has 0 aliphatic rings. The first-order chi connectivity index (χ1) is 12.0. The average Bonchev–Trinajstić information content (AvgIpc) is 2.60. The number of rotatable bonds is 8. The maximum atomic E-state index is 13.1. The molecule has 0 unspecified atom stereocenters. The van der Waals surface area contributed by atoms with Crippen LogP contribution in [0, 0.1) is 5.82 Å². The summed E-state index contributed by atoms with van der Waals surface area (Å²) in [5, 5.41) is 11.4. The molecule has 2 N–H and O–H groups in total. The molecule has 0 heterocycles. The predicted octanol–water partition coefficient (Wildman–Crippen LogP) is 3.40. The molecule has 0 aliphatic carbocycles. The molecule has 0 aliphatic heterocycles. The van der Waals surface area contributed by atoms with Crippen molar-refractivity contribution in [2.75, 3.05) is 6.54 Å². The Bertz CT molecular complexity index is 690. The van der Waals surface area contributed by atoms with Crippen LogP contribution in [0.4, 0.5) is 9.18 Å². The van der Waals surface area contributed by atoms with E-state index in [0.717, 1.165) is 11.1 Å². The molecule has 2 aromatic rings. The summed E-state index contributed by atoms with van der Waals surface area (Å²) < 4.78 is 13.1. The van der Waals surface area contributed by atoms with Crippen molar-refractivity contribution in [3.05, 3.63) is 71.5 Å². The monoisotopic (exact) mass is 344 g/mol. The van der Waals surface area contributed by atoms with Gasteiger partial charge in [-0.2, -0.15) is 0 Å². The Kier molecular flexibility index (Phi) is 6.95. The fourth-order valence-corrected chi connectivity index (χ4v) is 2.36. The molecule has 0 atom stereocenters. The van der Waals surface area contributed by atoms with Gasteiger partial charge >= 0.3 is 12.0 Å². The van der Waals surface area contributed by atoms with Crippen LogP contribution in [0.1, 0.15) is 24.0 Å². The number of hydrogen-bond acceptors (Lipinski definition) is 2. The van der Waals surface area contributed by atoms with Gasteiger partial charge in [-0.3, -0.25) is 4.79 Å². The summed E-state index contributed by atoms with van der Waals surface area (Å²) >= 11 is 0. The summed E-state index contributed by atoms with van der Waals surface area (Å²) in [6.07, 6.45) is 0.383. The number of amides is 2. The molecular weight excluding hydrogens is 323 g/mol. The number of carboxylic acid groups (broad SMARTS) is 1. The van der Waals surface area contributed by atoms with Crippen molar-refractivity contribution in [3.63, 3.8) is 0 Å². The van der Waals surface area contributed by atoms with E-state index in [0.29, 0.717) is 26.1 Å². The Morgan fingerprint density at radius 3 is 2.16 bits per heavy atom. The number of nitrogens with zero attached hydrogens (tertiary/aromatic N) is 1. The van der Waals surface area contributed by atoms with E-state index in [9.17, 15) is 14.0 Å². The second-order valence-electron chi connectivity index (χ2n) is 5.70. The van der Waals surface area contributed by atoms with Crippen LogP contribution >= 0.6 is 0 Å². The highest BCUT2D eigenvalue weighted by Crippen LogP contribution is 2.11. The lowest BCUT2D eigenvalue weighted by Gasteiger charge is -2.23. The van der Waals surface area contributed by atoms with Crippen molar-refractivity contribution < 1.29 is 19.1 Å². The van der Waals surface area contributed by atoms with E-state index in [2.05, 4.69) is 5.32 Å². The second-order valence-corrected chi connectivity index (χ2v) is 5.70. The molecule has 0 fully saturated rings. The number of hydrogen-bond donors (Lipinski definition) is 2. The summed E-state index contributed by atoms with van der Waals surface area (Å²) in [4.78, 5) is 24.6. The summed E-state index contributed by atoms with van der Waals surface area (Å²) in [5.74, 6) is -1.21. The lowest BCUT2D eigenvalue weighted by atomic mass is 10.1. The molecule has 6 heteroatoms. The smallest absolute Gasteiger partial charge is 0.318 e. The molecule has 25 heavy (non-hydrogen) atoms. The second kappa shape index (κ2) is 9.42. The van der Waals surface area contributed by atoms with Crippen molar-refractivity contribution in [2.45, 2.75) is 25.9 Å². The zero-order valence-electron chi connectivity index (χ0n) is 13.8. The van der Waals surface area contributed by atoms with Crippen molar-refractivity contribution >= 4 is 12.0 Å². The summed E-state index contributed by atoms with van der Waals surface area (Å²) in [6.45, 7) is 1.03. The number of carbonyl (C=O) groups excluding carboxylic acids is 1. The summed E-state index contributed by atoms with van der Waals surface area (Å²) in [5.41, 5.74) is 1.79. The molecule has 0 spiro atoms. The fraction of sp³-hybridized carbons (Fsp3) is 0.263. The van der Waals surface area contributed by atoms with Crippen LogP contribution in [0.2, 0.25) is 0 Å². The van der Waals surface area contributed by atoms with Crippen molar-refractivity contribution in [1.82, 2.24) is 10.2 Å². The number of urea groups is 1. The van der Waals surface area contributed by atoms with E-state index in [1.807, 2.05) is 30.3 Å². The van der Waals surface area contributed by atoms with Gasteiger partial charge in [-0.05, 0) is 29.7 Å². The van der Waals surface area contributed by atoms with Crippen LogP contribution in [0.5, 0.6) is 0 Å². The van der Waals surface area contributed by atoms with Gasteiger partial charge in [0.15, 0.2) is 0 Å². The van der Waals surface area contributed by atoms with Gasteiger partial charge in [0.05, 0.1) is 0 Å². The van der Waals surface area contributed by atoms with E-state index in [4.69, 9.17) is 5.11 Å². The van der Waals surface area contributed by atoms with Crippen LogP contribution in [0.3, 0.4) is 0 Å². The Morgan fingerprint density at radius 1 is 0.960 bits per heavy atom. The SMILES string of the molecule is O=C(O)CCCNC(=O)N(Cc1ccccc1)Cc1ccc(F)cc1. The fourth-order valence-electron chi connectivity index (χ4n) is 2.36. The first kappa shape index (κ1) is 18.4. The third-order valence-corrected chi connectivity index (χ3v) is 3.63. The topological polar surface area (TPSA) is 69.6 Å². The standard InChI is InChI=1S/C19H21FN2O3/c20-17-10-8-16(9-11-17)14-22(13-15-5-2-1-3-6-15)19(25)21-12-4-7-18(23)24/h1-3,5-6,8-11H,4,7,12-14H2,(H,21,25)(H,23,24). The molecule has 0 bridgehead atoms. The van der Waals surface area contributed by atoms with Gasteiger partial charge in [-0.25, -0.2) is 9.18 Å². The number of halogens is 1. The predicted molar refractivity (Wildman–Crippen MR) is 92.4 cm³/mol. The van der Waals surface area contributed by atoms with Crippen molar-refractivity contribution in [3.8, 4) is 0 Å². The third kappa shape index (κ3) is 6.63. The number of carboxylic acids is 1. The highest BCUT2D eigenvalue weighted by atomic mass is 19.1. The Balaban J connectivity index is 2.01. The van der Waals surface area contributed by atoms with Crippen LogP contribution < -0.4 is 5.32 Å². The molecule has 132 valence electrons. The molecular formula is C19H21FN2O3. The Labute approximate surface area is 146 Å². The van der Waals surface area contributed by atoms with Gasteiger partial charge in [0.2, 0.25) is 0 Å². The molecule has 2 rings (SSSR count). The minimum absolute atomic E-state index is 0.0108. The third-order valence-electron chi connectivity index (χ3n) is 3.63. The zero-order valence-corrected chi connectivity index (χ0v) is 13.8. The Morgan fingerprint density at radius 2 is 1.56 bits per heavy atom. The van der Waals surface area contributed by atoms with E-state index in [-0.39, 0.29) is 18.3 Å². The van der Waals surface area contributed by atoms with Gasteiger partial charge in [0, 0.05) is 26.1 Å². The average molecular weight is 344 g/mol. The summed E-state index contributed by atoms with van der Waals surface area (Å²) in [7, 11) is 0. The number of carbonyl (C=O) groups is 2. The van der Waals surface area contributed by atoms with Crippen LogP contribution in [0.15, 0.2) is 54.6 Å². The minimum atomic E-state index is -0.887. The molecule has 5 nitrogen and oxygen atoms in total. The van der Waals surface area contributed by atoms with Gasteiger partial charge in [0.1, 0.15) is 5.82 Å². The van der Waals surface area contributed by atoms with E-state index < -0.39 is 5.97 Å². The van der Waals surface area contributed by atoms with E-state index in [1.165, 1.54) is 12.1 Å². The highest BCUT2D eigenvalue weighted by Gasteiger charge is 2.14. The zero-order chi connectivity index (χ0) is 18.1. The maximum absolute atomic E-state index is 13.1. The first-order valence-electron chi connectivity index (χ1n) is 8.07. The highest BCUT2D eigenvalue weighted by molar-refractivity contribution is 5.74. The van der Waals surface area contributed by atoms with E-state index in [1.54, 1.807) is 17.0 Å². The first-order valence-corrected chi connectivity index (χ1v) is 8.07. The lowest BCUT2D eigenvalue weighted by Crippen LogP contribution is -2.39. The van der Waals surface area contributed by atoms with Gasteiger partial charge in [0.25, 0.3) is 0 Å². The Hall–Kier alpha value is -2.89. The molecule has 0 aromatic heterocycles. The normalized spacial score (nSPS) is 10.3. The molecule has 2 amide bonds. The van der Waals surface area contributed by atoms with Gasteiger partial charge < -0.3 is 15.3 Å². The van der Waals surface area contributed by atoms with Gasteiger partial charge in [-0.15, -0.1) is 0 Å². The van der Waals surface area contributed by atoms with Crippen LogP contribution in [-0.2, 0) is 17.9 Å². The number of aliphatic carboxylic acids is 1. The van der Waals surface area contributed by atoms with E-state index >= 15 is 0 Å². The number of nitrogens with one attached hydrogen (secondary N) is 1. The minimum Gasteiger partial charge on any atom is -0.481 e. The van der Waals surface area contributed by atoms with Crippen molar-refractivity contribution in [2.24, 2.45) is 0 Å².